The normalized spacial score (nSPS) is 11.1. The number of halogens is 1. The number of pyridine rings is 1. The first-order valence-corrected chi connectivity index (χ1v) is 6.81. The van der Waals surface area contributed by atoms with Gasteiger partial charge in [0.2, 0.25) is 0 Å². The molecule has 5 heteroatoms. The first-order valence-electron chi connectivity index (χ1n) is 5.61. The fraction of sp³-hybridized carbons (Fsp3) is 0.500. The number of hydrogen-bond donors (Lipinski definition) is 1. The van der Waals surface area contributed by atoms with Crippen LogP contribution in [0.3, 0.4) is 0 Å². The molecule has 0 saturated carbocycles. The van der Waals surface area contributed by atoms with Crippen molar-refractivity contribution < 1.29 is 0 Å². The minimum Gasteiger partial charge on any atom is -0.393 e. The first kappa shape index (κ1) is 14.5. The van der Waals surface area contributed by atoms with Gasteiger partial charge in [0.05, 0.1) is 4.99 Å². The predicted molar refractivity (Wildman–Crippen MR) is 78.9 cm³/mol. The van der Waals surface area contributed by atoms with Crippen molar-refractivity contribution in [3.63, 3.8) is 0 Å². The number of hydrogen-bond acceptors (Lipinski definition) is 3. The van der Waals surface area contributed by atoms with Crippen LogP contribution in [0.25, 0.3) is 0 Å². The van der Waals surface area contributed by atoms with Gasteiger partial charge in [-0.05, 0) is 41.4 Å². The molecule has 3 nitrogen and oxygen atoms in total. The summed E-state index contributed by atoms with van der Waals surface area (Å²) in [5.41, 5.74) is 6.73. The number of nitrogens with two attached hydrogens (primary N) is 1. The van der Waals surface area contributed by atoms with Crippen LogP contribution < -0.4 is 5.73 Å². The lowest BCUT2D eigenvalue weighted by molar-refractivity contribution is 0.219. The molecule has 0 aromatic carbocycles. The number of nitrogens with zero attached hydrogens (tertiary/aromatic N) is 2. The number of aromatic nitrogens is 1. The summed E-state index contributed by atoms with van der Waals surface area (Å²) in [5, 5.41) is 0. The van der Waals surface area contributed by atoms with Crippen molar-refractivity contribution in [2.24, 2.45) is 5.73 Å². The SMILES string of the molecule is CC(C)N(CCC(N)=S)Cc1cncc(Br)c1. The highest BCUT2D eigenvalue weighted by molar-refractivity contribution is 9.10. The molecule has 1 aromatic heterocycles. The molecule has 1 rings (SSSR count). The van der Waals surface area contributed by atoms with Crippen LogP contribution in [0, 0.1) is 0 Å². The summed E-state index contributed by atoms with van der Waals surface area (Å²) in [6.07, 6.45) is 4.44. The molecule has 0 saturated heterocycles. The summed E-state index contributed by atoms with van der Waals surface area (Å²) in [7, 11) is 0. The third-order valence-corrected chi connectivity index (χ3v) is 3.16. The smallest absolute Gasteiger partial charge is 0.0740 e. The van der Waals surface area contributed by atoms with Crippen molar-refractivity contribution in [3.8, 4) is 0 Å². The fourth-order valence-electron chi connectivity index (χ4n) is 1.55. The van der Waals surface area contributed by atoms with Gasteiger partial charge in [-0.2, -0.15) is 0 Å². The van der Waals surface area contributed by atoms with Crippen molar-refractivity contribution >= 4 is 33.1 Å². The number of rotatable bonds is 6. The Morgan fingerprint density at radius 1 is 1.53 bits per heavy atom. The molecule has 0 aliphatic heterocycles. The van der Waals surface area contributed by atoms with Gasteiger partial charge in [0.15, 0.2) is 0 Å². The Balaban J connectivity index is 2.63. The predicted octanol–water partition coefficient (Wildman–Crippen LogP) is 2.73. The van der Waals surface area contributed by atoms with E-state index in [2.05, 4.69) is 45.7 Å². The molecule has 0 aliphatic carbocycles. The van der Waals surface area contributed by atoms with E-state index in [0.717, 1.165) is 24.0 Å². The van der Waals surface area contributed by atoms with Gasteiger partial charge in [0.1, 0.15) is 0 Å². The molecule has 1 aromatic rings. The van der Waals surface area contributed by atoms with Crippen LogP contribution in [-0.4, -0.2) is 27.5 Å². The fourth-order valence-corrected chi connectivity index (χ4v) is 2.05. The first-order chi connectivity index (χ1) is 7.99. The quantitative estimate of drug-likeness (QED) is 0.820. The zero-order valence-electron chi connectivity index (χ0n) is 10.2. The standard InChI is InChI=1S/C12H18BrN3S/c1-9(2)16(4-3-12(14)17)8-10-5-11(13)7-15-6-10/h5-7,9H,3-4,8H2,1-2H3,(H2,14,17). The second kappa shape index (κ2) is 7.03. The second-order valence-corrected chi connectivity index (χ2v) is 5.73. The van der Waals surface area contributed by atoms with Gasteiger partial charge in [-0.3, -0.25) is 9.88 Å². The van der Waals surface area contributed by atoms with Crippen LogP contribution >= 0.6 is 28.1 Å². The molecule has 0 bridgehead atoms. The van der Waals surface area contributed by atoms with Crippen LogP contribution in [0.15, 0.2) is 22.9 Å². The topological polar surface area (TPSA) is 42.1 Å². The Kier molecular flexibility index (Phi) is 6.02. The average molecular weight is 316 g/mol. The summed E-state index contributed by atoms with van der Waals surface area (Å²) in [6.45, 7) is 6.10. The van der Waals surface area contributed by atoms with Gasteiger partial charge in [-0.15, -0.1) is 0 Å². The summed E-state index contributed by atoms with van der Waals surface area (Å²) in [5.74, 6) is 0. The molecule has 0 spiro atoms. The molecule has 0 unspecified atom stereocenters. The van der Waals surface area contributed by atoms with E-state index in [1.54, 1.807) is 6.20 Å². The minimum absolute atomic E-state index is 0.461. The van der Waals surface area contributed by atoms with Crippen LogP contribution in [-0.2, 0) is 6.54 Å². The lowest BCUT2D eigenvalue weighted by Gasteiger charge is -2.26. The molecular weight excluding hydrogens is 298 g/mol. The Bertz CT molecular complexity index is 382. The molecule has 0 fully saturated rings. The van der Waals surface area contributed by atoms with Gasteiger partial charge < -0.3 is 5.73 Å². The highest BCUT2D eigenvalue weighted by Gasteiger charge is 2.10. The van der Waals surface area contributed by atoms with Gasteiger partial charge in [-0.1, -0.05) is 12.2 Å². The molecule has 0 aliphatic rings. The van der Waals surface area contributed by atoms with Crippen LogP contribution in [0.1, 0.15) is 25.8 Å². The van der Waals surface area contributed by atoms with E-state index in [9.17, 15) is 0 Å². The van der Waals surface area contributed by atoms with Gasteiger partial charge in [0.25, 0.3) is 0 Å². The van der Waals surface area contributed by atoms with E-state index >= 15 is 0 Å². The maximum Gasteiger partial charge on any atom is 0.0740 e. The van der Waals surface area contributed by atoms with Gasteiger partial charge in [0, 0.05) is 42.4 Å². The highest BCUT2D eigenvalue weighted by atomic mass is 79.9. The molecule has 0 amide bonds. The van der Waals surface area contributed by atoms with E-state index in [1.165, 1.54) is 5.56 Å². The zero-order valence-corrected chi connectivity index (χ0v) is 12.6. The van der Waals surface area contributed by atoms with Crippen molar-refractivity contribution in [1.82, 2.24) is 9.88 Å². The minimum atomic E-state index is 0.461. The lowest BCUT2D eigenvalue weighted by Crippen LogP contribution is -2.33. The third-order valence-electron chi connectivity index (χ3n) is 2.52. The van der Waals surface area contributed by atoms with Gasteiger partial charge in [-0.25, -0.2) is 0 Å². The molecule has 2 N–H and O–H groups in total. The largest absolute Gasteiger partial charge is 0.393 e. The number of thiocarbonyl (C=S) groups is 1. The van der Waals surface area contributed by atoms with E-state index in [-0.39, 0.29) is 0 Å². The maximum absolute atomic E-state index is 5.54. The monoisotopic (exact) mass is 315 g/mol. The van der Waals surface area contributed by atoms with Crippen molar-refractivity contribution in [3.05, 3.63) is 28.5 Å². The van der Waals surface area contributed by atoms with Crippen LogP contribution in [0.5, 0.6) is 0 Å². The van der Waals surface area contributed by atoms with Crippen molar-refractivity contribution in [1.29, 1.82) is 0 Å². The Morgan fingerprint density at radius 2 is 2.24 bits per heavy atom. The lowest BCUT2D eigenvalue weighted by atomic mass is 10.2. The third kappa shape index (κ3) is 5.57. The van der Waals surface area contributed by atoms with Crippen molar-refractivity contribution in [2.45, 2.75) is 32.9 Å². The van der Waals surface area contributed by atoms with E-state index in [1.807, 2.05) is 6.20 Å². The van der Waals surface area contributed by atoms with E-state index < -0.39 is 0 Å². The molecule has 0 atom stereocenters. The summed E-state index contributed by atoms with van der Waals surface area (Å²) >= 11 is 8.35. The van der Waals surface area contributed by atoms with Gasteiger partial charge >= 0.3 is 0 Å². The Morgan fingerprint density at radius 3 is 2.76 bits per heavy atom. The molecule has 94 valence electrons. The average Bonchev–Trinajstić information content (AvgIpc) is 2.23. The molecule has 1 heterocycles. The Labute approximate surface area is 117 Å². The zero-order chi connectivity index (χ0) is 12.8. The molecular formula is C12H18BrN3S. The van der Waals surface area contributed by atoms with Crippen LogP contribution in [0.4, 0.5) is 0 Å². The van der Waals surface area contributed by atoms with Crippen LogP contribution in [0.2, 0.25) is 0 Å². The summed E-state index contributed by atoms with van der Waals surface area (Å²) < 4.78 is 1.01. The molecule has 17 heavy (non-hydrogen) atoms. The summed E-state index contributed by atoms with van der Waals surface area (Å²) in [6, 6.07) is 2.55. The van der Waals surface area contributed by atoms with E-state index in [0.29, 0.717) is 11.0 Å². The molecule has 0 radical (unpaired) electrons. The summed E-state index contributed by atoms with van der Waals surface area (Å²) in [4.78, 5) is 7.08. The maximum atomic E-state index is 5.54. The Hall–Kier alpha value is -0.520. The highest BCUT2D eigenvalue weighted by Crippen LogP contribution is 2.13. The van der Waals surface area contributed by atoms with Crippen molar-refractivity contribution in [2.75, 3.05) is 6.54 Å². The van der Waals surface area contributed by atoms with E-state index in [4.69, 9.17) is 18.0 Å². The second-order valence-electron chi connectivity index (χ2n) is 4.29.